The maximum absolute atomic E-state index is 12.6. The van der Waals surface area contributed by atoms with Crippen molar-refractivity contribution in [2.45, 2.75) is 26.4 Å². The predicted molar refractivity (Wildman–Crippen MR) is 103 cm³/mol. The Bertz CT molecular complexity index is 851. The number of aryl methyl sites for hydroxylation is 1. The first-order valence-electron chi connectivity index (χ1n) is 8.52. The van der Waals surface area contributed by atoms with Crippen molar-refractivity contribution in [3.8, 4) is 10.6 Å². The van der Waals surface area contributed by atoms with Crippen LogP contribution in [0.3, 0.4) is 0 Å². The third kappa shape index (κ3) is 3.96. The Labute approximate surface area is 157 Å². The lowest BCUT2D eigenvalue weighted by Crippen LogP contribution is -2.41. The normalized spacial score (nSPS) is 12.3. The Morgan fingerprint density at radius 1 is 1.46 bits per heavy atom. The van der Waals surface area contributed by atoms with Crippen LogP contribution in [0, 0.1) is 5.92 Å². The molecule has 0 bridgehead atoms. The van der Waals surface area contributed by atoms with Crippen LogP contribution in [-0.4, -0.2) is 37.7 Å². The summed E-state index contributed by atoms with van der Waals surface area (Å²) >= 11 is 1.64. The second-order valence-electron chi connectivity index (χ2n) is 6.68. The minimum atomic E-state index is -0.145. The lowest BCUT2D eigenvalue weighted by molar-refractivity contribution is 0.197. The first-order chi connectivity index (χ1) is 12.5. The molecule has 0 aromatic carbocycles. The van der Waals surface area contributed by atoms with E-state index in [0.29, 0.717) is 6.54 Å². The van der Waals surface area contributed by atoms with Crippen molar-refractivity contribution in [3.05, 3.63) is 47.5 Å². The number of carbonyl (C=O) groups excluding carboxylic acids is 1. The number of thiophene rings is 1. The van der Waals surface area contributed by atoms with E-state index in [1.807, 2.05) is 41.4 Å². The number of rotatable bonds is 6. The summed E-state index contributed by atoms with van der Waals surface area (Å²) in [4.78, 5) is 19.8. The average molecular weight is 372 g/mol. The zero-order chi connectivity index (χ0) is 18.7. The Morgan fingerprint density at radius 2 is 2.27 bits per heavy atom. The van der Waals surface area contributed by atoms with E-state index in [1.54, 1.807) is 29.5 Å². The quantitative estimate of drug-likeness (QED) is 0.696. The van der Waals surface area contributed by atoms with E-state index in [4.69, 9.17) is 0 Å². The summed E-state index contributed by atoms with van der Waals surface area (Å²) in [6.07, 6.45) is 3.63. The molecule has 0 saturated carbocycles. The van der Waals surface area contributed by atoms with Crippen molar-refractivity contribution < 1.29 is 4.79 Å². The highest BCUT2D eigenvalue weighted by atomic mass is 32.1. The van der Waals surface area contributed by atoms with E-state index >= 15 is 0 Å². The highest BCUT2D eigenvalue weighted by Gasteiger charge is 2.23. The molecule has 0 radical (unpaired) electrons. The molecule has 3 heterocycles. The lowest BCUT2D eigenvalue weighted by Gasteiger charge is -2.25. The summed E-state index contributed by atoms with van der Waals surface area (Å²) < 4.78 is 1.94. The minimum Gasteiger partial charge on any atom is -0.336 e. The van der Waals surface area contributed by atoms with E-state index in [9.17, 15) is 4.79 Å². The van der Waals surface area contributed by atoms with Gasteiger partial charge in [0.15, 0.2) is 0 Å². The van der Waals surface area contributed by atoms with Crippen LogP contribution in [0.15, 0.2) is 36.0 Å². The summed E-state index contributed by atoms with van der Waals surface area (Å²) in [5.74, 6) is 1.08. The smallest absolute Gasteiger partial charge is 0.318 e. The number of amides is 2. The van der Waals surface area contributed by atoms with Gasteiger partial charge in [-0.3, -0.25) is 5.10 Å². The summed E-state index contributed by atoms with van der Waals surface area (Å²) in [6.45, 7) is 4.60. The molecule has 0 aliphatic carbocycles. The minimum absolute atomic E-state index is 0.140. The standard InChI is InChI=1S/C18H24N6OS/c1-12(2)16(17-19-7-8-23(17)3)20-18(25)24(4)11-13-10-14(22-21-13)15-6-5-9-26-15/h5-10,12,16H,11H2,1-4H3,(H,20,25)(H,21,22)/t16-/m1/s1. The van der Waals surface area contributed by atoms with Crippen LogP contribution in [0.5, 0.6) is 0 Å². The molecule has 0 unspecified atom stereocenters. The van der Waals surface area contributed by atoms with Crippen molar-refractivity contribution >= 4 is 17.4 Å². The van der Waals surface area contributed by atoms with E-state index in [2.05, 4.69) is 34.3 Å². The fourth-order valence-electron chi connectivity index (χ4n) is 2.77. The molecule has 26 heavy (non-hydrogen) atoms. The van der Waals surface area contributed by atoms with Gasteiger partial charge in [0, 0.05) is 26.5 Å². The Balaban J connectivity index is 1.65. The van der Waals surface area contributed by atoms with Crippen molar-refractivity contribution in [1.29, 1.82) is 0 Å². The van der Waals surface area contributed by atoms with Gasteiger partial charge in [-0.25, -0.2) is 9.78 Å². The fraction of sp³-hybridized carbons (Fsp3) is 0.389. The third-order valence-electron chi connectivity index (χ3n) is 4.24. The molecular weight excluding hydrogens is 348 g/mol. The molecule has 0 saturated heterocycles. The summed E-state index contributed by atoms with van der Waals surface area (Å²) in [7, 11) is 3.71. The van der Waals surface area contributed by atoms with Gasteiger partial charge < -0.3 is 14.8 Å². The van der Waals surface area contributed by atoms with Gasteiger partial charge in [0.1, 0.15) is 11.5 Å². The summed E-state index contributed by atoms with van der Waals surface area (Å²) in [5.41, 5.74) is 1.79. The summed E-state index contributed by atoms with van der Waals surface area (Å²) in [6, 6.07) is 5.72. The number of hydrogen-bond donors (Lipinski definition) is 2. The van der Waals surface area contributed by atoms with Crippen LogP contribution in [-0.2, 0) is 13.6 Å². The summed E-state index contributed by atoms with van der Waals surface area (Å²) in [5, 5.41) is 12.4. The number of hydrogen-bond acceptors (Lipinski definition) is 4. The Morgan fingerprint density at radius 3 is 2.88 bits per heavy atom. The third-order valence-corrected chi connectivity index (χ3v) is 5.13. The molecule has 3 aromatic rings. The van der Waals surface area contributed by atoms with Crippen molar-refractivity contribution in [1.82, 2.24) is 30.0 Å². The maximum Gasteiger partial charge on any atom is 0.318 e. The molecule has 2 amide bonds. The van der Waals surface area contributed by atoms with Crippen LogP contribution >= 0.6 is 11.3 Å². The Kier molecular flexibility index (Phi) is 5.41. The van der Waals surface area contributed by atoms with Gasteiger partial charge in [-0.05, 0) is 23.4 Å². The zero-order valence-corrected chi connectivity index (χ0v) is 16.2. The van der Waals surface area contributed by atoms with Gasteiger partial charge in [-0.2, -0.15) is 5.10 Å². The first-order valence-corrected chi connectivity index (χ1v) is 9.40. The van der Waals surface area contributed by atoms with Gasteiger partial charge in [0.05, 0.1) is 23.2 Å². The van der Waals surface area contributed by atoms with Gasteiger partial charge in [-0.15, -0.1) is 11.3 Å². The number of urea groups is 1. The van der Waals surface area contributed by atoms with E-state index < -0.39 is 0 Å². The van der Waals surface area contributed by atoms with Crippen LogP contribution < -0.4 is 5.32 Å². The number of aromatic amines is 1. The fourth-order valence-corrected chi connectivity index (χ4v) is 3.46. The molecule has 3 rings (SSSR count). The van der Waals surface area contributed by atoms with Crippen LogP contribution in [0.2, 0.25) is 0 Å². The second kappa shape index (κ2) is 7.74. The SMILES string of the molecule is CC(C)[C@@H](NC(=O)N(C)Cc1cc(-c2cccs2)n[nH]1)c1nccn1C. The van der Waals surface area contributed by atoms with E-state index in [0.717, 1.165) is 22.1 Å². The highest BCUT2D eigenvalue weighted by Crippen LogP contribution is 2.23. The van der Waals surface area contributed by atoms with E-state index in [-0.39, 0.29) is 18.0 Å². The number of nitrogens with one attached hydrogen (secondary N) is 2. The van der Waals surface area contributed by atoms with Crippen molar-refractivity contribution in [3.63, 3.8) is 0 Å². The van der Waals surface area contributed by atoms with Crippen LogP contribution in [0.1, 0.15) is 31.4 Å². The molecule has 2 N–H and O–H groups in total. The number of aromatic nitrogens is 4. The first kappa shape index (κ1) is 18.2. The second-order valence-corrected chi connectivity index (χ2v) is 7.63. The maximum atomic E-state index is 12.6. The largest absolute Gasteiger partial charge is 0.336 e. The van der Waals surface area contributed by atoms with Crippen LogP contribution in [0.25, 0.3) is 10.6 Å². The molecule has 3 aromatic heterocycles. The molecule has 138 valence electrons. The molecule has 0 fully saturated rings. The number of imidazole rings is 1. The zero-order valence-electron chi connectivity index (χ0n) is 15.4. The van der Waals surface area contributed by atoms with Crippen molar-refractivity contribution in [2.75, 3.05) is 7.05 Å². The highest BCUT2D eigenvalue weighted by molar-refractivity contribution is 7.13. The molecular formula is C18H24N6OS. The molecule has 8 heteroatoms. The topological polar surface area (TPSA) is 78.8 Å². The van der Waals surface area contributed by atoms with Crippen molar-refractivity contribution in [2.24, 2.45) is 13.0 Å². The van der Waals surface area contributed by atoms with Gasteiger partial charge in [0.2, 0.25) is 0 Å². The molecule has 7 nitrogen and oxygen atoms in total. The van der Waals surface area contributed by atoms with Crippen LogP contribution in [0.4, 0.5) is 4.79 Å². The number of H-pyrrole nitrogens is 1. The molecule has 1 atom stereocenters. The monoisotopic (exact) mass is 372 g/mol. The number of carbonyl (C=O) groups is 1. The van der Waals surface area contributed by atoms with Gasteiger partial charge in [-0.1, -0.05) is 19.9 Å². The molecule has 0 spiro atoms. The molecule has 0 aliphatic rings. The Hall–Kier alpha value is -2.61. The van der Waals surface area contributed by atoms with Gasteiger partial charge in [0.25, 0.3) is 0 Å². The molecule has 0 aliphatic heterocycles. The average Bonchev–Trinajstić information content (AvgIpc) is 3.33. The number of nitrogens with zero attached hydrogens (tertiary/aromatic N) is 4. The van der Waals surface area contributed by atoms with Gasteiger partial charge >= 0.3 is 6.03 Å². The predicted octanol–water partition coefficient (Wildman–Crippen LogP) is 3.41. The van der Waals surface area contributed by atoms with E-state index in [1.165, 1.54) is 0 Å². The lowest BCUT2D eigenvalue weighted by atomic mass is 10.0.